The minimum atomic E-state index is -4.75. The third kappa shape index (κ3) is 4.44. The van der Waals surface area contributed by atoms with E-state index < -0.39 is 17.9 Å². The summed E-state index contributed by atoms with van der Waals surface area (Å²) in [6, 6.07) is 9.38. The maximum absolute atomic E-state index is 13.8. The highest BCUT2D eigenvalue weighted by Crippen LogP contribution is 2.33. The standard InChI is InChI=1S/C18H18F4N2O2/c19-15-11-13(3-6-16(15)25)17(24-9-7-23-8-10-24)12-1-4-14(5-2-12)26-18(20,21)22/h1-6,11,17,23,25H,7-10H2/t17-/m0/s1. The molecule has 0 aliphatic carbocycles. The van der Waals surface area contributed by atoms with E-state index in [1.807, 2.05) is 0 Å². The second-order valence-electron chi connectivity index (χ2n) is 6.02. The van der Waals surface area contributed by atoms with Crippen molar-refractivity contribution in [2.45, 2.75) is 12.4 Å². The van der Waals surface area contributed by atoms with Crippen LogP contribution in [0.25, 0.3) is 0 Å². The molecule has 140 valence electrons. The summed E-state index contributed by atoms with van der Waals surface area (Å²) in [6.45, 7) is 2.92. The Labute approximate surface area is 148 Å². The van der Waals surface area contributed by atoms with Crippen LogP contribution in [0.4, 0.5) is 17.6 Å². The van der Waals surface area contributed by atoms with E-state index in [9.17, 15) is 22.7 Å². The molecule has 2 N–H and O–H groups in total. The number of piperazine rings is 1. The zero-order valence-corrected chi connectivity index (χ0v) is 13.8. The van der Waals surface area contributed by atoms with Crippen molar-refractivity contribution < 1.29 is 27.4 Å². The zero-order valence-electron chi connectivity index (χ0n) is 13.8. The van der Waals surface area contributed by atoms with Gasteiger partial charge >= 0.3 is 6.36 Å². The molecule has 1 aliphatic rings. The Morgan fingerprint density at radius 3 is 2.19 bits per heavy atom. The van der Waals surface area contributed by atoms with Crippen molar-refractivity contribution in [2.75, 3.05) is 26.2 Å². The van der Waals surface area contributed by atoms with E-state index in [0.29, 0.717) is 24.2 Å². The minimum Gasteiger partial charge on any atom is -0.505 e. The molecule has 4 nitrogen and oxygen atoms in total. The summed E-state index contributed by atoms with van der Waals surface area (Å²) in [5.41, 5.74) is 1.33. The van der Waals surface area contributed by atoms with Gasteiger partial charge in [-0.05, 0) is 35.4 Å². The maximum Gasteiger partial charge on any atom is 0.573 e. The Balaban J connectivity index is 1.93. The quantitative estimate of drug-likeness (QED) is 0.810. The lowest BCUT2D eigenvalue weighted by Crippen LogP contribution is -2.45. The van der Waals surface area contributed by atoms with Crippen LogP contribution in [-0.2, 0) is 0 Å². The van der Waals surface area contributed by atoms with Crippen LogP contribution in [-0.4, -0.2) is 42.5 Å². The van der Waals surface area contributed by atoms with Crippen LogP contribution in [0.3, 0.4) is 0 Å². The molecule has 1 heterocycles. The van der Waals surface area contributed by atoms with Gasteiger partial charge in [0.05, 0.1) is 6.04 Å². The number of phenolic OH excluding ortho intramolecular Hbond substituents is 1. The second-order valence-corrected chi connectivity index (χ2v) is 6.02. The fourth-order valence-electron chi connectivity index (χ4n) is 3.10. The number of nitrogens with zero attached hydrogens (tertiary/aromatic N) is 1. The Hall–Kier alpha value is -2.32. The van der Waals surface area contributed by atoms with Gasteiger partial charge in [0.15, 0.2) is 11.6 Å². The molecule has 3 rings (SSSR count). The van der Waals surface area contributed by atoms with Crippen LogP contribution >= 0.6 is 0 Å². The lowest BCUT2D eigenvalue weighted by molar-refractivity contribution is -0.274. The number of alkyl halides is 3. The van der Waals surface area contributed by atoms with Crippen molar-refractivity contribution >= 4 is 0 Å². The normalized spacial score (nSPS) is 17.1. The average molecular weight is 370 g/mol. The fraction of sp³-hybridized carbons (Fsp3) is 0.333. The van der Waals surface area contributed by atoms with Crippen LogP contribution in [0.15, 0.2) is 42.5 Å². The molecule has 26 heavy (non-hydrogen) atoms. The molecule has 0 spiro atoms. The number of halogens is 4. The second kappa shape index (κ2) is 7.51. The van der Waals surface area contributed by atoms with Gasteiger partial charge in [0, 0.05) is 26.2 Å². The third-order valence-corrected chi connectivity index (χ3v) is 4.23. The molecule has 1 fully saturated rings. The van der Waals surface area contributed by atoms with Gasteiger partial charge < -0.3 is 15.2 Å². The van der Waals surface area contributed by atoms with Crippen molar-refractivity contribution in [3.05, 3.63) is 59.4 Å². The van der Waals surface area contributed by atoms with Crippen LogP contribution in [0.2, 0.25) is 0 Å². The molecule has 2 aromatic rings. The van der Waals surface area contributed by atoms with Gasteiger partial charge in [-0.25, -0.2) is 4.39 Å². The predicted octanol–water partition coefficient (Wildman–Crippen LogP) is 3.42. The van der Waals surface area contributed by atoms with E-state index in [4.69, 9.17) is 0 Å². The highest BCUT2D eigenvalue weighted by molar-refractivity contribution is 5.38. The molecule has 0 radical (unpaired) electrons. The number of rotatable bonds is 4. The van der Waals surface area contributed by atoms with Gasteiger partial charge in [-0.2, -0.15) is 0 Å². The smallest absolute Gasteiger partial charge is 0.505 e. The molecular weight excluding hydrogens is 352 g/mol. The van der Waals surface area contributed by atoms with Crippen molar-refractivity contribution in [2.24, 2.45) is 0 Å². The first kappa shape index (κ1) is 18.5. The average Bonchev–Trinajstić information content (AvgIpc) is 2.59. The molecule has 1 aliphatic heterocycles. The number of aromatic hydroxyl groups is 1. The van der Waals surface area contributed by atoms with E-state index in [2.05, 4.69) is 15.0 Å². The van der Waals surface area contributed by atoms with Crippen LogP contribution in [0, 0.1) is 5.82 Å². The number of ether oxygens (including phenoxy) is 1. The van der Waals surface area contributed by atoms with Gasteiger partial charge in [-0.1, -0.05) is 18.2 Å². The van der Waals surface area contributed by atoms with E-state index in [1.54, 1.807) is 18.2 Å². The first-order valence-corrected chi connectivity index (χ1v) is 8.12. The summed E-state index contributed by atoms with van der Waals surface area (Å²) >= 11 is 0. The molecule has 0 aromatic heterocycles. The van der Waals surface area contributed by atoms with E-state index in [0.717, 1.165) is 13.1 Å². The number of phenols is 1. The Morgan fingerprint density at radius 2 is 1.62 bits per heavy atom. The van der Waals surface area contributed by atoms with E-state index in [1.165, 1.54) is 24.3 Å². The van der Waals surface area contributed by atoms with E-state index in [-0.39, 0.29) is 11.8 Å². The van der Waals surface area contributed by atoms with Gasteiger partial charge in [0.25, 0.3) is 0 Å². The number of nitrogens with one attached hydrogen (secondary N) is 1. The summed E-state index contributed by atoms with van der Waals surface area (Å²) in [5, 5.41) is 12.7. The van der Waals surface area contributed by atoms with Crippen LogP contribution in [0.5, 0.6) is 11.5 Å². The van der Waals surface area contributed by atoms with Gasteiger partial charge in [0.2, 0.25) is 0 Å². The molecule has 8 heteroatoms. The highest BCUT2D eigenvalue weighted by Gasteiger charge is 2.31. The lowest BCUT2D eigenvalue weighted by atomic mass is 9.96. The zero-order chi connectivity index (χ0) is 18.7. The molecule has 1 atom stereocenters. The SMILES string of the molecule is Oc1ccc([C@H](c2ccc(OC(F)(F)F)cc2)N2CCNCC2)cc1F. The van der Waals surface area contributed by atoms with Gasteiger partial charge in [-0.15, -0.1) is 13.2 Å². The summed E-state index contributed by atoms with van der Waals surface area (Å²) in [5.74, 6) is -1.49. The number of hydrogen-bond donors (Lipinski definition) is 2. The molecule has 0 saturated carbocycles. The monoisotopic (exact) mass is 370 g/mol. The Morgan fingerprint density at radius 1 is 1.00 bits per heavy atom. The summed E-state index contributed by atoms with van der Waals surface area (Å²) in [6.07, 6.45) is -4.75. The molecule has 2 aromatic carbocycles. The summed E-state index contributed by atoms with van der Waals surface area (Å²) < 4.78 is 54.8. The Bertz CT molecular complexity index is 744. The topological polar surface area (TPSA) is 44.7 Å². The van der Waals surface area contributed by atoms with Crippen LogP contribution in [0.1, 0.15) is 17.2 Å². The van der Waals surface area contributed by atoms with Crippen molar-refractivity contribution in [1.82, 2.24) is 10.2 Å². The summed E-state index contributed by atoms with van der Waals surface area (Å²) in [7, 11) is 0. The first-order valence-electron chi connectivity index (χ1n) is 8.12. The molecular formula is C18H18F4N2O2. The van der Waals surface area contributed by atoms with E-state index >= 15 is 0 Å². The first-order chi connectivity index (χ1) is 12.3. The third-order valence-electron chi connectivity index (χ3n) is 4.23. The van der Waals surface area contributed by atoms with Gasteiger partial charge in [0.1, 0.15) is 5.75 Å². The maximum atomic E-state index is 13.8. The fourth-order valence-corrected chi connectivity index (χ4v) is 3.10. The molecule has 0 amide bonds. The largest absolute Gasteiger partial charge is 0.573 e. The van der Waals surface area contributed by atoms with Gasteiger partial charge in [-0.3, -0.25) is 4.90 Å². The van der Waals surface area contributed by atoms with Crippen molar-refractivity contribution in [1.29, 1.82) is 0 Å². The van der Waals surface area contributed by atoms with Crippen LogP contribution < -0.4 is 10.1 Å². The highest BCUT2D eigenvalue weighted by atomic mass is 19.4. The Kier molecular flexibility index (Phi) is 5.33. The number of hydrogen-bond acceptors (Lipinski definition) is 4. The minimum absolute atomic E-state index is 0.308. The lowest BCUT2D eigenvalue weighted by Gasteiger charge is -2.35. The molecule has 0 unspecified atom stereocenters. The predicted molar refractivity (Wildman–Crippen MR) is 87.5 cm³/mol. The number of benzene rings is 2. The summed E-state index contributed by atoms with van der Waals surface area (Å²) in [4.78, 5) is 2.11. The van der Waals surface area contributed by atoms with Crippen molar-refractivity contribution in [3.63, 3.8) is 0 Å². The molecule has 1 saturated heterocycles. The molecule has 0 bridgehead atoms. The van der Waals surface area contributed by atoms with Crippen molar-refractivity contribution in [3.8, 4) is 11.5 Å².